The molecule has 0 atom stereocenters. The van der Waals surface area contributed by atoms with E-state index < -0.39 is 22.7 Å². The van der Waals surface area contributed by atoms with Gasteiger partial charge >= 0.3 is 5.97 Å². The number of nitro benzene ring substituents is 1. The molecular formula is C18H21N4O6+. The number of hydrogen-bond donors (Lipinski definition) is 0. The van der Waals surface area contributed by atoms with Crippen LogP contribution in [0.4, 0.5) is 11.4 Å². The lowest BCUT2D eigenvalue weighted by Gasteiger charge is -2.12. The van der Waals surface area contributed by atoms with E-state index in [4.69, 9.17) is 4.84 Å². The Morgan fingerprint density at radius 1 is 1.21 bits per heavy atom. The fourth-order valence-corrected chi connectivity index (χ4v) is 2.82. The predicted octanol–water partition coefficient (Wildman–Crippen LogP) is 2.69. The molecule has 1 aliphatic rings. The molecule has 148 valence electrons. The Balaban J connectivity index is 1.71. The molecule has 0 spiro atoms. The van der Waals surface area contributed by atoms with Crippen molar-refractivity contribution in [1.82, 2.24) is 5.06 Å². The zero-order valence-electron chi connectivity index (χ0n) is 15.3. The molecule has 0 N–H and O–H groups in total. The van der Waals surface area contributed by atoms with Crippen LogP contribution >= 0.6 is 0 Å². The van der Waals surface area contributed by atoms with Crippen molar-refractivity contribution in [2.75, 3.05) is 0 Å². The number of aryl methyl sites for hydroxylation is 1. The van der Waals surface area contributed by atoms with E-state index in [0.717, 1.165) is 19.3 Å². The summed E-state index contributed by atoms with van der Waals surface area (Å²) < 4.78 is 0. The van der Waals surface area contributed by atoms with Crippen LogP contribution in [0.25, 0.3) is 0 Å². The first-order chi connectivity index (χ1) is 13.4. The quantitative estimate of drug-likeness (QED) is 0.115. The van der Waals surface area contributed by atoms with Gasteiger partial charge in [-0.1, -0.05) is 12.8 Å². The summed E-state index contributed by atoms with van der Waals surface area (Å²) in [4.78, 5) is 53.3. The van der Waals surface area contributed by atoms with Crippen LogP contribution in [-0.2, 0) is 25.6 Å². The van der Waals surface area contributed by atoms with E-state index in [1.165, 1.54) is 6.07 Å². The van der Waals surface area contributed by atoms with Crippen molar-refractivity contribution in [2.45, 2.75) is 51.4 Å². The molecule has 1 heterocycles. The van der Waals surface area contributed by atoms with Crippen LogP contribution in [0.1, 0.15) is 50.5 Å². The summed E-state index contributed by atoms with van der Waals surface area (Å²) in [5, 5.41) is 15.4. The normalized spacial score (nSPS) is 13.4. The summed E-state index contributed by atoms with van der Waals surface area (Å²) in [6, 6.07) is 4.67. The lowest BCUT2D eigenvalue weighted by Crippen LogP contribution is -2.31. The number of hydrogen-bond acceptors (Lipinski definition) is 7. The lowest BCUT2D eigenvalue weighted by atomic mass is 10.0. The third-order valence-electron chi connectivity index (χ3n) is 4.23. The molecule has 1 fully saturated rings. The number of carbonyl (C=O) groups excluding carboxylic acids is 3. The molecule has 2 rings (SSSR count). The van der Waals surface area contributed by atoms with Crippen molar-refractivity contribution in [3.8, 4) is 0 Å². The highest BCUT2D eigenvalue weighted by atomic mass is 16.7. The van der Waals surface area contributed by atoms with E-state index >= 15 is 0 Å². The van der Waals surface area contributed by atoms with Gasteiger partial charge in [0.15, 0.2) is 5.69 Å². The summed E-state index contributed by atoms with van der Waals surface area (Å²) in [7, 11) is 0. The van der Waals surface area contributed by atoms with Crippen molar-refractivity contribution < 1.29 is 28.9 Å². The van der Waals surface area contributed by atoms with E-state index in [1.807, 2.05) is 0 Å². The van der Waals surface area contributed by atoms with Crippen molar-refractivity contribution in [3.63, 3.8) is 0 Å². The maximum Gasteiger partial charge on any atom is 0.333 e. The van der Waals surface area contributed by atoms with Crippen LogP contribution in [0.3, 0.4) is 0 Å². The molecule has 0 bridgehead atoms. The van der Waals surface area contributed by atoms with Gasteiger partial charge in [-0.2, -0.15) is 0 Å². The molecule has 0 radical (unpaired) electrons. The van der Waals surface area contributed by atoms with Gasteiger partial charge in [0.25, 0.3) is 24.2 Å². The average Bonchev–Trinajstić information content (AvgIpc) is 2.97. The number of nitro groups is 1. The second-order valence-corrected chi connectivity index (χ2v) is 6.27. The largest absolute Gasteiger partial charge is 0.333 e. The maximum atomic E-state index is 11.7. The standard InChI is InChI=1S/C18H21N4O6/c1-19-20-14-9-8-13(15(12-14)22(26)27)6-4-2-3-5-7-18(25)28-21-16(23)10-11-17(21)24/h8-9,12H,1-7,10-11H2/q+1. The monoisotopic (exact) mass is 389 g/mol. The number of rotatable bonds is 10. The first-order valence-electron chi connectivity index (χ1n) is 8.93. The Bertz CT molecular complexity index is 815. The number of unbranched alkanes of at least 4 members (excludes halogenated alkanes) is 3. The molecule has 0 unspecified atom stereocenters. The molecule has 0 aliphatic carbocycles. The maximum absolute atomic E-state index is 11.7. The van der Waals surface area contributed by atoms with Crippen LogP contribution in [0, 0.1) is 10.1 Å². The highest BCUT2D eigenvalue weighted by Gasteiger charge is 2.32. The van der Waals surface area contributed by atoms with Gasteiger partial charge in [-0.25, -0.2) is 4.79 Å². The summed E-state index contributed by atoms with van der Waals surface area (Å²) in [6.45, 7) is 3.22. The number of nitrogens with zero attached hydrogens (tertiary/aromatic N) is 4. The second-order valence-electron chi connectivity index (χ2n) is 6.27. The highest BCUT2D eigenvalue weighted by Crippen LogP contribution is 2.26. The SMILES string of the molecule is C=[N+]=Nc1ccc(CCCCCCC(=O)ON2C(=O)CCC2=O)c([N+](=O)[O-])c1. The van der Waals surface area contributed by atoms with Gasteiger partial charge in [0.1, 0.15) is 5.11 Å². The highest BCUT2D eigenvalue weighted by molar-refractivity contribution is 6.01. The molecule has 2 amide bonds. The van der Waals surface area contributed by atoms with Gasteiger partial charge in [0.05, 0.1) is 4.92 Å². The minimum Gasteiger partial charge on any atom is -0.330 e. The Morgan fingerprint density at radius 2 is 1.89 bits per heavy atom. The zero-order valence-corrected chi connectivity index (χ0v) is 15.3. The summed E-state index contributed by atoms with van der Waals surface area (Å²) in [5.41, 5.74) is 0.978. The van der Waals surface area contributed by atoms with Crippen LogP contribution in [-0.4, -0.2) is 39.3 Å². The Morgan fingerprint density at radius 3 is 2.54 bits per heavy atom. The van der Waals surface area contributed by atoms with Crippen LogP contribution in [0.5, 0.6) is 0 Å². The molecule has 10 heteroatoms. The molecular weight excluding hydrogens is 368 g/mol. The van der Waals surface area contributed by atoms with E-state index in [0.29, 0.717) is 29.2 Å². The molecule has 1 aromatic rings. The van der Waals surface area contributed by atoms with Crippen LogP contribution < -0.4 is 0 Å². The Labute approximate surface area is 161 Å². The number of amides is 2. The first-order valence-corrected chi connectivity index (χ1v) is 8.93. The van der Waals surface area contributed by atoms with Gasteiger partial charge in [-0.15, -0.1) is 5.06 Å². The average molecular weight is 389 g/mol. The topological polar surface area (TPSA) is 133 Å². The number of imide groups is 1. The van der Waals surface area contributed by atoms with E-state index in [9.17, 15) is 24.5 Å². The minimum atomic E-state index is -0.616. The van der Waals surface area contributed by atoms with Crippen LogP contribution in [0.15, 0.2) is 23.3 Å². The van der Waals surface area contributed by atoms with Gasteiger partial charge < -0.3 is 4.84 Å². The predicted molar refractivity (Wildman–Crippen MR) is 96.5 cm³/mol. The second kappa shape index (κ2) is 10.1. The van der Waals surface area contributed by atoms with Crippen molar-refractivity contribution in [2.24, 2.45) is 5.11 Å². The first kappa shape index (κ1) is 20.9. The molecule has 1 aromatic carbocycles. The summed E-state index contributed by atoms with van der Waals surface area (Å²) >= 11 is 0. The van der Waals surface area contributed by atoms with Crippen molar-refractivity contribution >= 4 is 35.9 Å². The number of hydroxylamine groups is 2. The van der Waals surface area contributed by atoms with Crippen LogP contribution in [0.2, 0.25) is 0 Å². The molecule has 10 nitrogen and oxygen atoms in total. The van der Waals surface area contributed by atoms with E-state index in [2.05, 4.69) is 16.6 Å². The third-order valence-corrected chi connectivity index (χ3v) is 4.23. The van der Waals surface area contributed by atoms with Gasteiger partial charge in [0.2, 0.25) is 0 Å². The smallest absolute Gasteiger partial charge is 0.330 e. The molecule has 1 saturated heterocycles. The fraction of sp³-hybridized carbons (Fsp3) is 0.444. The summed E-state index contributed by atoms with van der Waals surface area (Å²) in [6.07, 6.45) is 3.51. The molecule has 1 aliphatic heterocycles. The van der Waals surface area contributed by atoms with E-state index in [1.54, 1.807) is 12.1 Å². The lowest BCUT2D eigenvalue weighted by molar-refractivity contribution is -0.385. The van der Waals surface area contributed by atoms with Gasteiger partial charge in [-0.3, -0.25) is 19.7 Å². The number of benzene rings is 1. The van der Waals surface area contributed by atoms with Gasteiger partial charge in [0, 0.05) is 35.7 Å². The molecule has 0 saturated carbocycles. The zero-order chi connectivity index (χ0) is 20.5. The Kier molecular flexibility index (Phi) is 7.53. The van der Waals surface area contributed by atoms with Crippen molar-refractivity contribution in [1.29, 1.82) is 0 Å². The van der Waals surface area contributed by atoms with E-state index in [-0.39, 0.29) is 24.9 Å². The number of carbonyl (C=O) groups is 3. The molecule has 0 aromatic heterocycles. The van der Waals surface area contributed by atoms with Gasteiger partial charge in [-0.05, 0) is 31.4 Å². The third kappa shape index (κ3) is 5.82. The summed E-state index contributed by atoms with van der Waals surface area (Å²) in [5.74, 6) is -1.61. The fourth-order valence-electron chi connectivity index (χ4n) is 2.82. The molecule has 28 heavy (non-hydrogen) atoms. The van der Waals surface area contributed by atoms with Crippen molar-refractivity contribution in [3.05, 3.63) is 33.9 Å². The minimum absolute atomic E-state index is 0.00609. The Hall–Kier alpha value is -3.39.